The van der Waals surface area contributed by atoms with Gasteiger partial charge in [0.15, 0.2) is 0 Å². The van der Waals surface area contributed by atoms with E-state index in [-0.39, 0.29) is 6.61 Å². The molecule has 2 saturated heterocycles. The number of hydrogen-bond acceptors (Lipinski definition) is 3. The van der Waals surface area contributed by atoms with Gasteiger partial charge in [0, 0.05) is 30.4 Å². The van der Waals surface area contributed by atoms with Crippen LogP contribution in [0.25, 0.3) is 0 Å². The quantitative estimate of drug-likeness (QED) is 0.903. The van der Waals surface area contributed by atoms with Gasteiger partial charge in [-0.2, -0.15) is 0 Å². The summed E-state index contributed by atoms with van der Waals surface area (Å²) in [4.78, 5) is 5.12. The van der Waals surface area contributed by atoms with Crippen LogP contribution in [-0.4, -0.2) is 42.2 Å². The van der Waals surface area contributed by atoms with E-state index in [9.17, 15) is 5.11 Å². The van der Waals surface area contributed by atoms with E-state index in [1.54, 1.807) is 0 Å². The highest BCUT2D eigenvalue weighted by atomic mass is 16.3. The summed E-state index contributed by atoms with van der Waals surface area (Å²) in [7, 11) is 0. The van der Waals surface area contributed by atoms with Gasteiger partial charge in [0.2, 0.25) is 0 Å². The molecule has 3 rings (SSSR count). The minimum atomic E-state index is 0.140. The number of likely N-dealkylation sites (tertiary alicyclic amines) is 1. The van der Waals surface area contributed by atoms with Crippen molar-refractivity contribution in [2.24, 2.45) is 0 Å². The Balaban J connectivity index is 1.67. The fourth-order valence-corrected chi connectivity index (χ4v) is 3.50. The van der Waals surface area contributed by atoms with Crippen molar-refractivity contribution in [3.8, 4) is 0 Å². The fourth-order valence-electron chi connectivity index (χ4n) is 3.50. The van der Waals surface area contributed by atoms with E-state index >= 15 is 0 Å². The Labute approximate surface area is 115 Å². The van der Waals surface area contributed by atoms with Crippen LogP contribution in [0.1, 0.15) is 31.2 Å². The molecule has 19 heavy (non-hydrogen) atoms. The average molecular weight is 260 g/mol. The molecular formula is C16H24N2O. The lowest BCUT2D eigenvalue weighted by molar-refractivity contribution is 0.175. The first kappa shape index (κ1) is 12.9. The number of benzene rings is 1. The van der Waals surface area contributed by atoms with Crippen LogP contribution in [0.5, 0.6) is 0 Å². The third-order valence-electron chi connectivity index (χ3n) is 4.57. The minimum Gasteiger partial charge on any atom is -0.392 e. The van der Waals surface area contributed by atoms with Gasteiger partial charge in [-0.3, -0.25) is 4.90 Å². The first-order valence-corrected chi connectivity index (χ1v) is 7.56. The molecule has 2 fully saturated rings. The summed E-state index contributed by atoms with van der Waals surface area (Å²) in [6.07, 6.45) is 5.40. The zero-order chi connectivity index (χ0) is 13.1. The first-order valence-electron chi connectivity index (χ1n) is 7.56. The van der Waals surface area contributed by atoms with Crippen molar-refractivity contribution in [1.82, 2.24) is 4.90 Å². The average Bonchev–Trinajstić information content (AvgIpc) is 2.98. The summed E-state index contributed by atoms with van der Waals surface area (Å²) in [5, 5.41) is 9.46. The number of nitrogens with zero attached hydrogens (tertiary/aromatic N) is 2. The lowest BCUT2D eigenvalue weighted by Crippen LogP contribution is -2.40. The molecule has 3 heteroatoms. The molecule has 1 aromatic rings. The van der Waals surface area contributed by atoms with E-state index in [0.717, 1.165) is 18.7 Å². The standard InChI is InChI=1S/C16H24N2O/c19-13-14-6-2-3-7-16(14)18-11-8-15(12-18)17-9-4-1-5-10-17/h2-3,6-7,15,19H,1,4-5,8-13H2. The molecule has 1 atom stereocenters. The predicted molar refractivity (Wildman–Crippen MR) is 78.4 cm³/mol. The summed E-state index contributed by atoms with van der Waals surface area (Å²) in [6, 6.07) is 8.97. The van der Waals surface area contributed by atoms with Crippen LogP contribution < -0.4 is 4.90 Å². The van der Waals surface area contributed by atoms with Crippen molar-refractivity contribution in [3.05, 3.63) is 29.8 Å². The molecule has 2 aliphatic heterocycles. The van der Waals surface area contributed by atoms with Gasteiger partial charge >= 0.3 is 0 Å². The SMILES string of the molecule is OCc1ccccc1N1CCC(N2CCCCC2)C1. The molecule has 0 bridgehead atoms. The van der Waals surface area contributed by atoms with Crippen molar-refractivity contribution in [2.75, 3.05) is 31.1 Å². The third-order valence-corrected chi connectivity index (χ3v) is 4.57. The Morgan fingerprint density at radius 3 is 2.63 bits per heavy atom. The number of para-hydroxylation sites is 1. The zero-order valence-electron chi connectivity index (χ0n) is 11.6. The number of anilines is 1. The molecule has 1 unspecified atom stereocenters. The van der Waals surface area contributed by atoms with Crippen molar-refractivity contribution in [3.63, 3.8) is 0 Å². The zero-order valence-corrected chi connectivity index (χ0v) is 11.6. The van der Waals surface area contributed by atoms with E-state index in [1.807, 2.05) is 12.1 Å². The smallest absolute Gasteiger partial charge is 0.0702 e. The second kappa shape index (κ2) is 5.93. The van der Waals surface area contributed by atoms with Gasteiger partial charge < -0.3 is 10.0 Å². The molecule has 1 N–H and O–H groups in total. The summed E-state index contributed by atoms with van der Waals surface area (Å²) >= 11 is 0. The summed E-state index contributed by atoms with van der Waals surface area (Å²) < 4.78 is 0. The van der Waals surface area contributed by atoms with E-state index in [1.165, 1.54) is 44.5 Å². The molecule has 2 aliphatic rings. The molecule has 3 nitrogen and oxygen atoms in total. The maximum atomic E-state index is 9.46. The maximum absolute atomic E-state index is 9.46. The van der Waals surface area contributed by atoms with Crippen molar-refractivity contribution < 1.29 is 5.11 Å². The number of hydrogen-bond donors (Lipinski definition) is 1. The molecule has 0 spiro atoms. The molecule has 1 aromatic carbocycles. The van der Waals surface area contributed by atoms with E-state index in [4.69, 9.17) is 0 Å². The Hall–Kier alpha value is -1.06. The predicted octanol–water partition coefficient (Wildman–Crippen LogP) is 2.24. The lowest BCUT2D eigenvalue weighted by Gasteiger charge is -2.32. The van der Waals surface area contributed by atoms with Gasteiger partial charge in [-0.15, -0.1) is 0 Å². The minimum absolute atomic E-state index is 0.140. The normalized spacial score (nSPS) is 24.9. The second-order valence-corrected chi connectivity index (χ2v) is 5.77. The van der Waals surface area contributed by atoms with Crippen LogP contribution >= 0.6 is 0 Å². The monoisotopic (exact) mass is 260 g/mol. The fraction of sp³-hybridized carbons (Fsp3) is 0.625. The second-order valence-electron chi connectivity index (χ2n) is 5.77. The summed E-state index contributed by atoms with van der Waals surface area (Å²) in [5.41, 5.74) is 2.28. The third kappa shape index (κ3) is 2.77. The maximum Gasteiger partial charge on any atom is 0.0702 e. The van der Waals surface area contributed by atoms with Crippen molar-refractivity contribution in [1.29, 1.82) is 0 Å². The van der Waals surface area contributed by atoms with Crippen LogP contribution in [0.4, 0.5) is 5.69 Å². The van der Waals surface area contributed by atoms with E-state index in [0.29, 0.717) is 6.04 Å². The molecular weight excluding hydrogens is 236 g/mol. The van der Waals surface area contributed by atoms with Gasteiger partial charge in [0.25, 0.3) is 0 Å². The summed E-state index contributed by atoms with van der Waals surface area (Å²) in [6.45, 7) is 4.94. The van der Waals surface area contributed by atoms with Gasteiger partial charge in [-0.05, 0) is 38.4 Å². The number of piperidine rings is 1. The van der Waals surface area contributed by atoms with Gasteiger partial charge in [0.1, 0.15) is 0 Å². The number of rotatable bonds is 3. The largest absolute Gasteiger partial charge is 0.392 e. The van der Waals surface area contributed by atoms with Gasteiger partial charge in [-0.25, -0.2) is 0 Å². The van der Waals surface area contributed by atoms with Gasteiger partial charge in [-0.1, -0.05) is 24.6 Å². The molecule has 2 heterocycles. The molecule has 0 radical (unpaired) electrons. The highest BCUT2D eigenvalue weighted by molar-refractivity contribution is 5.54. The molecule has 0 aliphatic carbocycles. The Morgan fingerprint density at radius 2 is 1.84 bits per heavy atom. The Kier molecular flexibility index (Phi) is 4.04. The first-order chi connectivity index (χ1) is 9.38. The van der Waals surface area contributed by atoms with Crippen molar-refractivity contribution in [2.45, 2.75) is 38.3 Å². The molecule has 0 amide bonds. The van der Waals surface area contributed by atoms with Crippen LogP contribution in [0, 0.1) is 0 Å². The molecule has 0 aromatic heterocycles. The number of aliphatic hydroxyl groups is 1. The molecule has 0 saturated carbocycles. The van der Waals surface area contributed by atoms with Crippen LogP contribution in [-0.2, 0) is 6.61 Å². The van der Waals surface area contributed by atoms with Gasteiger partial charge in [0.05, 0.1) is 6.61 Å². The Bertz CT molecular complexity index is 415. The van der Waals surface area contributed by atoms with Crippen LogP contribution in [0.3, 0.4) is 0 Å². The lowest BCUT2D eigenvalue weighted by atomic mass is 10.1. The van der Waals surface area contributed by atoms with Crippen LogP contribution in [0.15, 0.2) is 24.3 Å². The topological polar surface area (TPSA) is 26.7 Å². The molecule has 104 valence electrons. The van der Waals surface area contributed by atoms with Crippen LogP contribution in [0.2, 0.25) is 0 Å². The van der Waals surface area contributed by atoms with E-state index < -0.39 is 0 Å². The van der Waals surface area contributed by atoms with E-state index in [2.05, 4.69) is 21.9 Å². The van der Waals surface area contributed by atoms with Crippen molar-refractivity contribution >= 4 is 5.69 Å². The summed E-state index contributed by atoms with van der Waals surface area (Å²) in [5.74, 6) is 0. The number of aliphatic hydroxyl groups excluding tert-OH is 1. The highest BCUT2D eigenvalue weighted by Crippen LogP contribution is 2.27. The highest BCUT2D eigenvalue weighted by Gasteiger charge is 2.29. The Morgan fingerprint density at radius 1 is 1.05 bits per heavy atom.